The van der Waals surface area contributed by atoms with Gasteiger partial charge in [0.05, 0.1) is 5.75 Å². The van der Waals surface area contributed by atoms with E-state index in [-0.39, 0.29) is 23.3 Å². The van der Waals surface area contributed by atoms with E-state index in [1.807, 2.05) is 0 Å². The Balaban J connectivity index is 1.89. The van der Waals surface area contributed by atoms with Gasteiger partial charge in [-0.3, -0.25) is 0 Å². The van der Waals surface area contributed by atoms with Crippen LogP contribution in [-0.4, -0.2) is 20.2 Å². The van der Waals surface area contributed by atoms with E-state index in [1.54, 1.807) is 6.08 Å². The SMILES string of the molecule is CC1(C)CCc2ccccc2C1NC1C=CS(=O)(=O)C1. The van der Waals surface area contributed by atoms with E-state index in [4.69, 9.17) is 0 Å². The van der Waals surface area contributed by atoms with Crippen molar-refractivity contribution in [3.8, 4) is 0 Å². The Hall–Kier alpha value is -1.13. The molecule has 0 radical (unpaired) electrons. The Morgan fingerprint density at radius 3 is 2.70 bits per heavy atom. The van der Waals surface area contributed by atoms with Gasteiger partial charge in [-0.15, -0.1) is 0 Å². The van der Waals surface area contributed by atoms with Crippen molar-refractivity contribution < 1.29 is 8.42 Å². The molecule has 20 heavy (non-hydrogen) atoms. The van der Waals surface area contributed by atoms with Gasteiger partial charge in [0.2, 0.25) is 0 Å². The quantitative estimate of drug-likeness (QED) is 0.911. The lowest BCUT2D eigenvalue weighted by Gasteiger charge is -2.41. The second kappa shape index (κ2) is 4.71. The van der Waals surface area contributed by atoms with Crippen LogP contribution in [0.1, 0.15) is 37.4 Å². The van der Waals surface area contributed by atoms with Crippen molar-refractivity contribution in [2.24, 2.45) is 5.41 Å². The molecule has 0 saturated carbocycles. The maximum atomic E-state index is 11.6. The topological polar surface area (TPSA) is 46.2 Å². The number of hydrogen-bond donors (Lipinski definition) is 1. The summed E-state index contributed by atoms with van der Waals surface area (Å²) in [5.74, 6) is 0.182. The monoisotopic (exact) mass is 291 g/mol. The lowest BCUT2D eigenvalue weighted by atomic mass is 9.70. The smallest absolute Gasteiger partial charge is 0.173 e. The highest BCUT2D eigenvalue weighted by molar-refractivity contribution is 7.94. The summed E-state index contributed by atoms with van der Waals surface area (Å²) in [6.07, 6.45) is 3.99. The number of rotatable bonds is 2. The van der Waals surface area contributed by atoms with Crippen molar-refractivity contribution in [2.75, 3.05) is 5.75 Å². The summed E-state index contributed by atoms with van der Waals surface area (Å²) in [5, 5.41) is 4.89. The molecule has 3 nitrogen and oxygen atoms in total. The molecule has 0 bridgehead atoms. The third-order valence-corrected chi connectivity index (χ3v) is 5.89. The average Bonchev–Trinajstić information content (AvgIpc) is 2.73. The summed E-state index contributed by atoms with van der Waals surface area (Å²) in [4.78, 5) is 0. The Morgan fingerprint density at radius 1 is 1.25 bits per heavy atom. The first-order valence-electron chi connectivity index (χ1n) is 7.12. The molecule has 1 heterocycles. The van der Waals surface area contributed by atoms with Crippen molar-refractivity contribution >= 4 is 9.84 Å². The Bertz CT molecular complexity index is 646. The largest absolute Gasteiger partial charge is 0.302 e. The third kappa shape index (κ3) is 2.54. The molecule has 0 spiro atoms. The van der Waals surface area contributed by atoms with Crippen molar-refractivity contribution in [3.05, 3.63) is 46.9 Å². The first-order valence-corrected chi connectivity index (χ1v) is 8.84. The minimum absolute atomic E-state index is 0.0737. The van der Waals surface area contributed by atoms with Crippen molar-refractivity contribution in [2.45, 2.75) is 38.8 Å². The fourth-order valence-electron chi connectivity index (χ4n) is 3.27. The maximum absolute atomic E-state index is 11.6. The van der Waals surface area contributed by atoms with Crippen molar-refractivity contribution in [1.82, 2.24) is 5.32 Å². The zero-order valence-corrected chi connectivity index (χ0v) is 12.8. The highest BCUT2D eigenvalue weighted by Gasteiger charge is 2.37. The highest BCUT2D eigenvalue weighted by Crippen LogP contribution is 2.43. The van der Waals surface area contributed by atoms with Gasteiger partial charge in [-0.1, -0.05) is 44.2 Å². The zero-order valence-electron chi connectivity index (χ0n) is 12.0. The second-order valence-corrected chi connectivity index (χ2v) is 8.48. The predicted octanol–water partition coefficient (Wildman–Crippen LogP) is 2.60. The number of hydrogen-bond acceptors (Lipinski definition) is 3. The normalized spacial score (nSPS) is 30.1. The maximum Gasteiger partial charge on any atom is 0.173 e. The Labute approximate surface area is 121 Å². The summed E-state index contributed by atoms with van der Waals surface area (Å²) in [6, 6.07) is 8.62. The summed E-state index contributed by atoms with van der Waals surface area (Å²) in [6.45, 7) is 4.52. The van der Waals surface area contributed by atoms with Gasteiger partial charge < -0.3 is 5.32 Å². The Morgan fingerprint density at radius 2 is 2.00 bits per heavy atom. The minimum atomic E-state index is -3.00. The molecular formula is C16H21NO2S. The van der Waals surface area contributed by atoms with E-state index in [0.29, 0.717) is 0 Å². The number of fused-ring (bicyclic) bond motifs is 1. The molecule has 0 fully saturated rings. The minimum Gasteiger partial charge on any atom is -0.302 e. The standard InChI is InChI=1S/C16H21NO2S/c1-16(2)9-7-12-5-3-4-6-14(12)15(16)17-13-8-10-20(18,19)11-13/h3-6,8,10,13,15,17H,7,9,11H2,1-2H3. The molecule has 1 aliphatic carbocycles. The van der Waals surface area contributed by atoms with Crippen LogP contribution in [0.5, 0.6) is 0 Å². The van der Waals surface area contributed by atoms with E-state index in [2.05, 4.69) is 43.4 Å². The third-order valence-electron chi connectivity index (χ3n) is 4.50. The number of benzene rings is 1. The molecule has 0 amide bonds. The van der Waals surface area contributed by atoms with Gasteiger partial charge in [0.15, 0.2) is 9.84 Å². The lowest BCUT2D eigenvalue weighted by Crippen LogP contribution is -2.43. The lowest BCUT2D eigenvalue weighted by molar-refractivity contribution is 0.204. The van der Waals surface area contributed by atoms with Crippen LogP contribution < -0.4 is 5.32 Å². The molecule has 4 heteroatoms. The zero-order chi connectivity index (χ0) is 14.4. The molecule has 1 aliphatic heterocycles. The molecule has 108 valence electrons. The van der Waals surface area contributed by atoms with Gasteiger partial charge in [-0.2, -0.15) is 0 Å². The fourth-order valence-corrected chi connectivity index (χ4v) is 4.52. The first-order chi connectivity index (χ1) is 9.37. The number of aryl methyl sites for hydroxylation is 1. The van der Waals surface area contributed by atoms with E-state index in [1.165, 1.54) is 16.5 Å². The van der Waals surface area contributed by atoms with E-state index in [0.717, 1.165) is 12.8 Å². The van der Waals surface area contributed by atoms with Crippen LogP contribution in [0.25, 0.3) is 0 Å². The van der Waals surface area contributed by atoms with Crippen LogP contribution in [0.2, 0.25) is 0 Å². The van der Waals surface area contributed by atoms with Gasteiger partial charge in [0, 0.05) is 17.5 Å². The summed E-state index contributed by atoms with van der Waals surface area (Å²) in [7, 11) is -3.00. The van der Waals surface area contributed by atoms with Gasteiger partial charge >= 0.3 is 0 Å². The van der Waals surface area contributed by atoms with Crippen molar-refractivity contribution in [3.63, 3.8) is 0 Å². The van der Waals surface area contributed by atoms with Gasteiger partial charge in [-0.25, -0.2) is 8.42 Å². The summed E-state index contributed by atoms with van der Waals surface area (Å²) < 4.78 is 23.1. The van der Waals surface area contributed by atoms with E-state index in [9.17, 15) is 8.42 Å². The number of nitrogens with one attached hydrogen (secondary N) is 1. The second-order valence-electron chi connectivity index (χ2n) is 6.55. The molecule has 2 atom stereocenters. The summed E-state index contributed by atoms with van der Waals surface area (Å²) in [5.41, 5.74) is 2.84. The molecule has 0 saturated heterocycles. The highest BCUT2D eigenvalue weighted by atomic mass is 32.2. The molecule has 2 unspecified atom stereocenters. The Kier molecular flexibility index (Phi) is 3.26. The van der Waals surface area contributed by atoms with Crippen LogP contribution in [-0.2, 0) is 16.3 Å². The van der Waals surface area contributed by atoms with E-state index < -0.39 is 9.84 Å². The molecule has 3 rings (SSSR count). The van der Waals surface area contributed by atoms with Crippen LogP contribution in [0, 0.1) is 5.41 Å². The van der Waals surface area contributed by atoms with E-state index >= 15 is 0 Å². The van der Waals surface area contributed by atoms with Crippen LogP contribution >= 0.6 is 0 Å². The van der Waals surface area contributed by atoms with Crippen LogP contribution in [0.3, 0.4) is 0 Å². The van der Waals surface area contributed by atoms with Crippen LogP contribution in [0.15, 0.2) is 35.7 Å². The van der Waals surface area contributed by atoms with Gasteiger partial charge in [0.25, 0.3) is 0 Å². The summed E-state index contributed by atoms with van der Waals surface area (Å²) >= 11 is 0. The average molecular weight is 291 g/mol. The first kappa shape index (κ1) is 13.8. The predicted molar refractivity (Wildman–Crippen MR) is 81.1 cm³/mol. The van der Waals surface area contributed by atoms with Gasteiger partial charge in [0.1, 0.15) is 0 Å². The van der Waals surface area contributed by atoms with Gasteiger partial charge in [-0.05, 0) is 29.4 Å². The molecule has 1 aromatic rings. The molecule has 0 aromatic heterocycles. The molecule has 2 aliphatic rings. The molecular weight excluding hydrogens is 270 g/mol. The molecule has 1 N–H and O–H groups in total. The van der Waals surface area contributed by atoms with Crippen molar-refractivity contribution in [1.29, 1.82) is 0 Å². The number of sulfone groups is 1. The van der Waals surface area contributed by atoms with Crippen LogP contribution in [0.4, 0.5) is 0 Å². The molecule has 1 aromatic carbocycles. The fraction of sp³-hybridized carbons (Fsp3) is 0.500.